The summed E-state index contributed by atoms with van der Waals surface area (Å²) >= 11 is 1.97. The molecule has 16 heavy (non-hydrogen) atoms. The number of aliphatic imine (C=N–C) groups is 1. The van der Waals surface area contributed by atoms with Crippen LogP contribution in [0.4, 0.5) is 0 Å². The van der Waals surface area contributed by atoms with Gasteiger partial charge in [0.05, 0.1) is 6.04 Å². The third-order valence-electron chi connectivity index (χ3n) is 4.50. The maximum Gasteiger partial charge on any atom is 0.157 e. The van der Waals surface area contributed by atoms with Crippen molar-refractivity contribution in [3.05, 3.63) is 0 Å². The van der Waals surface area contributed by atoms with Crippen LogP contribution in [0.2, 0.25) is 0 Å². The predicted octanol–water partition coefficient (Wildman–Crippen LogP) is 3.04. The number of hydrogen-bond donors (Lipinski definition) is 1. The minimum absolute atomic E-state index is 0.605. The Morgan fingerprint density at radius 2 is 2.06 bits per heavy atom. The van der Waals surface area contributed by atoms with E-state index < -0.39 is 0 Å². The molecule has 3 fully saturated rings. The number of fused-ring (bicyclic) bond motifs is 1. The second-order valence-electron chi connectivity index (χ2n) is 5.66. The third-order valence-corrected chi connectivity index (χ3v) is 5.59. The first kappa shape index (κ1) is 10.9. The molecule has 0 bridgehead atoms. The van der Waals surface area contributed by atoms with E-state index >= 15 is 0 Å². The molecule has 4 unspecified atom stereocenters. The zero-order chi connectivity index (χ0) is 11.0. The lowest BCUT2D eigenvalue weighted by molar-refractivity contribution is 0.483. The lowest BCUT2D eigenvalue weighted by atomic mass is 10.1. The second kappa shape index (κ2) is 4.59. The molecule has 1 aliphatic heterocycles. The van der Waals surface area contributed by atoms with Gasteiger partial charge in [-0.15, -0.1) is 0 Å². The highest BCUT2D eigenvalue weighted by atomic mass is 32.2. The van der Waals surface area contributed by atoms with E-state index in [2.05, 4.69) is 12.2 Å². The number of amidine groups is 1. The standard InChI is InChI=1S/C13H22N2S/c1-9-4-2-6-11(9)14-13-15-12-7-3-5-10(12)8-16-13/h9-12H,2-8H2,1H3,(H,14,15). The van der Waals surface area contributed by atoms with E-state index in [9.17, 15) is 0 Å². The van der Waals surface area contributed by atoms with Crippen LogP contribution in [0.15, 0.2) is 4.99 Å². The van der Waals surface area contributed by atoms with E-state index in [1.807, 2.05) is 11.8 Å². The highest BCUT2D eigenvalue weighted by Crippen LogP contribution is 2.34. The molecule has 0 aromatic heterocycles. The zero-order valence-corrected chi connectivity index (χ0v) is 10.9. The SMILES string of the molecule is CC1CCCC1N=C1NC2CCCC2CS1. The van der Waals surface area contributed by atoms with Gasteiger partial charge in [0.25, 0.3) is 0 Å². The largest absolute Gasteiger partial charge is 0.362 e. The van der Waals surface area contributed by atoms with Crippen LogP contribution in [0.25, 0.3) is 0 Å². The minimum Gasteiger partial charge on any atom is -0.362 e. The monoisotopic (exact) mass is 238 g/mol. The number of nitrogens with zero attached hydrogens (tertiary/aromatic N) is 1. The fourth-order valence-corrected chi connectivity index (χ4v) is 4.57. The quantitative estimate of drug-likeness (QED) is 0.759. The first-order chi connectivity index (χ1) is 7.83. The Labute approximate surface area is 103 Å². The molecule has 1 heterocycles. The molecule has 3 heteroatoms. The van der Waals surface area contributed by atoms with Crippen molar-refractivity contribution in [3.63, 3.8) is 0 Å². The van der Waals surface area contributed by atoms with Gasteiger partial charge in [-0.05, 0) is 37.5 Å². The van der Waals surface area contributed by atoms with E-state index in [1.54, 1.807) is 0 Å². The molecule has 0 amide bonds. The zero-order valence-electron chi connectivity index (χ0n) is 10.1. The van der Waals surface area contributed by atoms with Crippen molar-refractivity contribution in [2.45, 2.75) is 57.5 Å². The molecular formula is C13H22N2S. The molecule has 2 aliphatic carbocycles. The van der Waals surface area contributed by atoms with E-state index in [1.165, 1.54) is 49.4 Å². The van der Waals surface area contributed by atoms with E-state index in [0.717, 1.165) is 17.9 Å². The summed E-state index contributed by atoms with van der Waals surface area (Å²) in [5, 5.41) is 4.93. The van der Waals surface area contributed by atoms with Crippen molar-refractivity contribution in [2.75, 3.05) is 5.75 Å². The van der Waals surface area contributed by atoms with Gasteiger partial charge < -0.3 is 5.32 Å². The van der Waals surface area contributed by atoms with Crippen LogP contribution in [0, 0.1) is 11.8 Å². The molecule has 4 atom stereocenters. The number of rotatable bonds is 1. The summed E-state index contributed by atoms with van der Waals surface area (Å²) in [6, 6.07) is 1.35. The Morgan fingerprint density at radius 3 is 2.88 bits per heavy atom. The fraction of sp³-hybridized carbons (Fsp3) is 0.923. The minimum atomic E-state index is 0.605. The van der Waals surface area contributed by atoms with Crippen molar-refractivity contribution >= 4 is 16.9 Å². The van der Waals surface area contributed by atoms with Gasteiger partial charge in [-0.3, -0.25) is 4.99 Å². The summed E-state index contributed by atoms with van der Waals surface area (Å²) in [7, 11) is 0. The Balaban J connectivity index is 1.64. The molecule has 0 spiro atoms. The molecule has 0 aromatic rings. The van der Waals surface area contributed by atoms with Gasteiger partial charge in [-0.2, -0.15) is 0 Å². The van der Waals surface area contributed by atoms with Crippen LogP contribution in [0.3, 0.4) is 0 Å². The molecule has 3 rings (SSSR count). The fourth-order valence-electron chi connectivity index (χ4n) is 3.36. The highest BCUT2D eigenvalue weighted by Gasteiger charge is 2.33. The third kappa shape index (κ3) is 2.11. The summed E-state index contributed by atoms with van der Waals surface area (Å²) in [5.41, 5.74) is 0. The molecule has 1 N–H and O–H groups in total. The Bertz CT molecular complexity index is 290. The lowest BCUT2D eigenvalue weighted by Crippen LogP contribution is -2.42. The average molecular weight is 238 g/mol. The van der Waals surface area contributed by atoms with Crippen LogP contribution in [0.1, 0.15) is 45.4 Å². The number of nitrogens with one attached hydrogen (secondary N) is 1. The first-order valence-corrected chi connectivity index (χ1v) is 7.78. The Hall–Kier alpha value is -0.180. The number of hydrogen-bond acceptors (Lipinski definition) is 2. The lowest BCUT2D eigenvalue weighted by Gasteiger charge is -2.29. The molecule has 0 radical (unpaired) electrons. The maximum absolute atomic E-state index is 4.94. The first-order valence-electron chi connectivity index (χ1n) is 6.80. The van der Waals surface area contributed by atoms with E-state index in [0.29, 0.717) is 6.04 Å². The Morgan fingerprint density at radius 1 is 1.19 bits per heavy atom. The molecule has 90 valence electrons. The van der Waals surface area contributed by atoms with Crippen LogP contribution in [-0.2, 0) is 0 Å². The van der Waals surface area contributed by atoms with Crippen molar-refractivity contribution in [1.29, 1.82) is 0 Å². The van der Waals surface area contributed by atoms with Crippen molar-refractivity contribution in [1.82, 2.24) is 5.32 Å². The van der Waals surface area contributed by atoms with Crippen molar-refractivity contribution < 1.29 is 0 Å². The summed E-state index contributed by atoms with van der Waals surface area (Å²) in [6.45, 7) is 2.35. The van der Waals surface area contributed by atoms with Gasteiger partial charge in [-0.25, -0.2) is 0 Å². The number of thioether (sulfide) groups is 1. The van der Waals surface area contributed by atoms with Crippen LogP contribution >= 0.6 is 11.8 Å². The van der Waals surface area contributed by atoms with Gasteiger partial charge in [0.15, 0.2) is 5.17 Å². The van der Waals surface area contributed by atoms with E-state index in [4.69, 9.17) is 4.99 Å². The molecule has 2 saturated carbocycles. The van der Waals surface area contributed by atoms with Gasteiger partial charge in [0.1, 0.15) is 0 Å². The summed E-state index contributed by atoms with van der Waals surface area (Å²) in [4.78, 5) is 4.94. The molecule has 1 saturated heterocycles. The Kier molecular flexibility index (Phi) is 3.14. The maximum atomic E-state index is 4.94. The highest BCUT2D eigenvalue weighted by molar-refractivity contribution is 8.13. The molecule has 2 nitrogen and oxygen atoms in total. The van der Waals surface area contributed by atoms with Crippen molar-refractivity contribution in [2.24, 2.45) is 16.8 Å². The van der Waals surface area contributed by atoms with E-state index in [-0.39, 0.29) is 0 Å². The van der Waals surface area contributed by atoms with Crippen molar-refractivity contribution in [3.8, 4) is 0 Å². The van der Waals surface area contributed by atoms with Gasteiger partial charge in [0.2, 0.25) is 0 Å². The van der Waals surface area contributed by atoms with Gasteiger partial charge >= 0.3 is 0 Å². The van der Waals surface area contributed by atoms with Crippen LogP contribution < -0.4 is 5.32 Å². The summed E-state index contributed by atoms with van der Waals surface area (Å²) in [5.74, 6) is 3.03. The van der Waals surface area contributed by atoms with Gasteiger partial charge in [-0.1, -0.05) is 31.5 Å². The average Bonchev–Trinajstić information content (AvgIpc) is 2.88. The smallest absolute Gasteiger partial charge is 0.157 e. The summed E-state index contributed by atoms with van der Waals surface area (Å²) in [6.07, 6.45) is 8.26. The predicted molar refractivity (Wildman–Crippen MR) is 71.0 cm³/mol. The van der Waals surface area contributed by atoms with Crippen LogP contribution in [0.5, 0.6) is 0 Å². The molecule has 0 aromatic carbocycles. The second-order valence-corrected chi connectivity index (χ2v) is 6.67. The summed E-state index contributed by atoms with van der Waals surface area (Å²) < 4.78 is 0. The van der Waals surface area contributed by atoms with Crippen LogP contribution in [-0.4, -0.2) is 23.0 Å². The topological polar surface area (TPSA) is 24.4 Å². The molecular weight excluding hydrogens is 216 g/mol. The normalized spacial score (nSPS) is 45.7. The molecule has 3 aliphatic rings. The van der Waals surface area contributed by atoms with Gasteiger partial charge in [0, 0.05) is 11.8 Å².